The molecular weight excluding hydrogens is 371 g/mol. The number of halogens is 3. The van der Waals surface area contributed by atoms with Crippen LogP contribution in [0.5, 0.6) is 0 Å². The second-order valence-electron chi connectivity index (χ2n) is 7.52. The molecule has 1 saturated carbocycles. The number of carbonyl (C=O) groups is 2. The van der Waals surface area contributed by atoms with E-state index in [4.69, 9.17) is 0 Å². The summed E-state index contributed by atoms with van der Waals surface area (Å²) < 4.78 is 40.0. The van der Waals surface area contributed by atoms with Gasteiger partial charge in [0.15, 0.2) is 17.5 Å². The van der Waals surface area contributed by atoms with Crippen molar-refractivity contribution in [3.8, 4) is 0 Å². The van der Waals surface area contributed by atoms with E-state index < -0.39 is 23.4 Å². The van der Waals surface area contributed by atoms with Gasteiger partial charge in [-0.15, -0.1) is 0 Å². The van der Waals surface area contributed by atoms with Gasteiger partial charge < -0.3 is 15.1 Å². The minimum absolute atomic E-state index is 0.0859. The molecule has 5 nitrogen and oxygen atoms in total. The number of benzene rings is 1. The van der Waals surface area contributed by atoms with E-state index in [1.807, 2.05) is 4.90 Å². The van der Waals surface area contributed by atoms with E-state index in [0.717, 1.165) is 44.9 Å². The fourth-order valence-corrected chi connectivity index (χ4v) is 4.00. The number of anilines is 1. The second kappa shape index (κ2) is 8.94. The standard InChI is InChI=1S/C20H26F3N3O2/c1-2-25-9-11-26(12-10-25)20(28)14-5-3-13(4-6-14)19(27)24-16-8-7-15(21)17(22)18(16)23/h7-8,13-14H,2-6,9-12H2,1H3,(H,24,27). The molecule has 1 aliphatic heterocycles. The molecule has 2 fully saturated rings. The molecule has 154 valence electrons. The summed E-state index contributed by atoms with van der Waals surface area (Å²) in [5.41, 5.74) is -0.365. The highest BCUT2D eigenvalue weighted by molar-refractivity contribution is 5.93. The Morgan fingerprint density at radius 3 is 2.18 bits per heavy atom. The molecule has 0 radical (unpaired) electrons. The van der Waals surface area contributed by atoms with Gasteiger partial charge in [-0.05, 0) is 44.4 Å². The molecule has 8 heteroatoms. The number of piperazine rings is 1. The van der Waals surface area contributed by atoms with Crippen molar-refractivity contribution in [2.75, 3.05) is 38.0 Å². The fourth-order valence-electron chi connectivity index (χ4n) is 4.00. The van der Waals surface area contributed by atoms with Gasteiger partial charge in [-0.1, -0.05) is 6.92 Å². The molecule has 1 aromatic rings. The zero-order valence-corrected chi connectivity index (χ0v) is 16.0. The maximum atomic E-state index is 13.7. The number of nitrogens with one attached hydrogen (secondary N) is 1. The first-order valence-corrected chi connectivity index (χ1v) is 9.86. The van der Waals surface area contributed by atoms with Crippen molar-refractivity contribution in [1.29, 1.82) is 0 Å². The third kappa shape index (κ3) is 4.48. The zero-order chi connectivity index (χ0) is 20.3. The summed E-state index contributed by atoms with van der Waals surface area (Å²) in [5, 5.41) is 2.35. The first-order chi connectivity index (χ1) is 13.4. The minimum Gasteiger partial charge on any atom is -0.340 e. The first-order valence-electron chi connectivity index (χ1n) is 9.86. The quantitative estimate of drug-likeness (QED) is 0.795. The second-order valence-corrected chi connectivity index (χ2v) is 7.52. The molecular formula is C20H26F3N3O2. The maximum Gasteiger partial charge on any atom is 0.227 e. The van der Waals surface area contributed by atoms with Crippen molar-refractivity contribution in [2.24, 2.45) is 11.8 Å². The SMILES string of the molecule is CCN1CCN(C(=O)C2CCC(C(=O)Nc3ccc(F)c(F)c3F)CC2)CC1. The number of hydrogen-bond acceptors (Lipinski definition) is 3. The van der Waals surface area contributed by atoms with E-state index in [9.17, 15) is 22.8 Å². The van der Waals surface area contributed by atoms with Crippen LogP contribution in [0.25, 0.3) is 0 Å². The molecule has 1 aromatic carbocycles. The van der Waals surface area contributed by atoms with Crippen molar-refractivity contribution in [1.82, 2.24) is 9.80 Å². The van der Waals surface area contributed by atoms with Gasteiger partial charge in [0.05, 0.1) is 5.69 Å². The summed E-state index contributed by atoms with van der Waals surface area (Å²) in [6.07, 6.45) is 2.24. The number of rotatable bonds is 4. The largest absolute Gasteiger partial charge is 0.340 e. The molecule has 2 aliphatic rings. The maximum absolute atomic E-state index is 13.7. The fraction of sp³-hybridized carbons (Fsp3) is 0.600. The molecule has 1 saturated heterocycles. The van der Waals surface area contributed by atoms with Crippen LogP contribution in [-0.2, 0) is 9.59 Å². The third-order valence-corrected chi connectivity index (χ3v) is 5.87. The van der Waals surface area contributed by atoms with Gasteiger partial charge in [-0.3, -0.25) is 9.59 Å². The lowest BCUT2D eigenvalue weighted by Crippen LogP contribution is -2.50. The lowest BCUT2D eigenvalue weighted by Gasteiger charge is -2.37. The number of nitrogens with zero attached hydrogens (tertiary/aromatic N) is 2. The summed E-state index contributed by atoms with van der Waals surface area (Å²) in [6.45, 7) is 6.35. The Balaban J connectivity index is 1.50. The average Bonchev–Trinajstić information content (AvgIpc) is 2.73. The average molecular weight is 397 g/mol. The molecule has 1 heterocycles. The Labute approximate surface area is 162 Å². The zero-order valence-electron chi connectivity index (χ0n) is 16.0. The van der Waals surface area contributed by atoms with Crippen LogP contribution in [0.1, 0.15) is 32.6 Å². The number of carbonyl (C=O) groups excluding carboxylic acids is 2. The number of hydrogen-bond donors (Lipinski definition) is 1. The van der Waals surface area contributed by atoms with E-state index >= 15 is 0 Å². The smallest absolute Gasteiger partial charge is 0.227 e. The van der Waals surface area contributed by atoms with Crippen molar-refractivity contribution in [3.05, 3.63) is 29.6 Å². The molecule has 1 N–H and O–H groups in total. The van der Waals surface area contributed by atoms with Crippen LogP contribution in [0.2, 0.25) is 0 Å². The van der Waals surface area contributed by atoms with Crippen LogP contribution in [0.15, 0.2) is 12.1 Å². The van der Waals surface area contributed by atoms with E-state index in [2.05, 4.69) is 17.1 Å². The molecule has 3 rings (SSSR count). The van der Waals surface area contributed by atoms with Crippen molar-refractivity contribution >= 4 is 17.5 Å². The summed E-state index contributed by atoms with van der Waals surface area (Å²) >= 11 is 0. The van der Waals surface area contributed by atoms with E-state index in [0.29, 0.717) is 25.7 Å². The number of likely N-dealkylation sites (N-methyl/N-ethyl adjacent to an activating group) is 1. The molecule has 2 amide bonds. The van der Waals surface area contributed by atoms with E-state index in [-0.39, 0.29) is 23.4 Å². The van der Waals surface area contributed by atoms with Crippen molar-refractivity contribution < 1.29 is 22.8 Å². The predicted molar refractivity (Wildman–Crippen MR) is 99.1 cm³/mol. The molecule has 28 heavy (non-hydrogen) atoms. The van der Waals surface area contributed by atoms with Crippen LogP contribution in [0.4, 0.5) is 18.9 Å². The highest BCUT2D eigenvalue weighted by Crippen LogP contribution is 2.31. The Bertz CT molecular complexity index is 728. The molecule has 0 unspecified atom stereocenters. The Hall–Kier alpha value is -2.09. The highest BCUT2D eigenvalue weighted by atomic mass is 19.2. The topological polar surface area (TPSA) is 52.7 Å². The van der Waals surface area contributed by atoms with Gasteiger partial charge in [-0.25, -0.2) is 13.2 Å². The predicted octanol–water partition coefficient (Wildman–Crippen LogP) is 3.01. The van der Waals surface area contributed by atoms with E-state index in [1.165, 1.54) is 0 Å². The van der Waals surface area contributed by atoms with Gasteiger partial charge in [-0.2, -0.15) is 0 Å². The van der Waals surface area contributed by atoms with Gasteiger partial charge in [0, 0.05) is 38.0 Å². The lowest BCUT2D eigenvalue weighted by atomic mass is 9.80. The van der Waals surface area contributed by atoms with Gasteiger partial charge >= 0.3 is 0 Å². The highest BCUT2D eigenvalue weighted by Gasteiger charge is 2.33. The van der Waals surface area contributed by atoms with Gasteiger partial charge in [0.2, 0.25) is 11.8 Å². The Morgan fingerprint density at radius 1 is 0.964 bits per heavy atom. The normalized spacial score (nSPS) is 23.5. The molecule has 0 atom stereocenters. The summed E-state index contributed by atoms with van der Waals surface area (Å²) in [5.74, 6) is -5.02. The summed E-state index contributed by atoms with van der Waals surface area (Å²) in [7, 11) is 0. The summed E-state index contributed by atoms with van der Waals surface area (Å²) in [4.78, 5) is 29.3. The van der Waals surface area contributed by atoms with Crippen molar-refractivity contribution in [2.45, 2.75) is 32.6 Å². The molecule has 0 aromatic heterocycles. The van der Waals surface area contributed by atoms with Gasteiger partial charge in [0.25, 0.3) is 0 Å². The van der Waals surface area contributed by atoms with Crippen LogP contribution in [0, 0.1) is 29.3 Å². The molecule has 0 bridgehead atoms. The van der Waals surface area contributed by atoms with Gasteiger partial charge in [0.1, 0.15) is 0 Å². The number of amides is 2. The lowest BCUT2D eigenvalue weighted by molar-refractivity contribution is -0.139. The minimum atomic E-state index is -1.60. The molecule has 1 aliphatic carbocycles. The van der Waals surface area contributed by atoms with Crippen LogP contribution in [-0.4, -0.2) is 54.3 Å². The molecule has 0 spiro atoms. The monoisotopic (exact) mass is 397 g/mol. The Kier molecular flexibility index (Phi) is 6.59. The van der Waals surface area contributed by atoms with Crippen molar-refractivity contribution in [3.63, 3.8) is 0 Å². The van der Waals surface area contributed by atoms with Crippen LogP contribution in [0.3, 0.4) is 0 Å². The summed E-state index contributed by atoms with van der Waals surface area (Å²) in [6, 6.07) is 1.79. The van der Waals surface area contributed by atoms with E-state index in [1.54, 1.807) is 0 Å². The third-order valence-electron chi connectivity index (χ3n) is 5.87. The van der Waals surface area contributed by atoms with Crippen LogP contribution >= 0.6 is 0 Å². The van der Waals surface area contributed by atoms with Crippen LogP contribution < -0.4 is 5.32 Å². The first kappa shape index (κ1) is 20.6. The Morgan fingerprint density at radius 2 is 1.57 bits per heavy atom.